The van der Waals surface area contributed by atoms with Gasteiger partial charge in [0.25, 0.3) is 0 Å². The largest absolute Gasteiger partial charge is 0.467 e. The van der Waals surface area contributed by atoms with Crippen molar-refractivity contribution in [2.24, 2.45) is 0 Å². The molecular weight excluding hydrogens is 226 g/mol. The van der Waals surface area contributed by atoms with Crippen molar-refractivity contribution in [2.75, 3.05) is 29.7 Å². The first-order valence-corrected chi connectivity index (χ1v) is 6.33. The van der Waals surface area contributed by atoms with Crippen LogP contribution in [0, 0.1) is 0 Å². The molecule has 0 bridgehead atoms. The predicted octanol–water partition coefficient (Wildman–Crippen LogP) is 0.770. The topological polar surface area (TPSA) is 86.0 Å². The van der Waals surface area contributed by atoms with Crippen molar-refractivity contribution in [3.8, 4) is 6.01 Å². The highest BCUT2D eigenvalue weighted by atomic mass is 32.2. The molecule has 1 fully saturated rings. The van der Waals surface area contributed by atoms with Crippen LogP contribution < -0.4 is 15.8 Å². The number of nitrogens with zero attached hydrogens (tertiary/aromatic N) is 3. The van der Waals surface area contributed by atoms with Crippen LogP contribution in [0.4, 0.5) is 11.9 Å². The van der Waals surface area contributed by atoms with Gasteiger partial charge in [-0.15, -0.1) is 0 Å². The van der Waals surface area contributed by atoms with E-state index in [0.717, 1.165) is 12.8 Å². The second-order valence-electron chi connectivity index (χ2n) is 3.53. The Morgan fingerprint density at radius 3 is 2.75 bits per heavy atom. The third-order valence-corrected chi connectivity index (χ3v) is 3.42. The van der Waals surface area contributed by atoms with Gasteiger partial charge in [-0.2, -0.15) is 26.7 Å². The van der Waals surface area contributed by atoms with Crippen LogP contribution in [-0.4, -0.2) is 39.6 Å². The van der Waals surface area contributed by atoms with Crippen LogP contribution in [0.3, 0.4) is 0 Å². The highest BCUT2D eigenvalue weighted by Crippen LogP contribution is 2.20. The van der Waals surface area contributed by atoms with Crippen LogP contribution in [-0.2, 0) is 0 Å². The maximum atomic E-state index is 5.55. The SMILES string of the molecule is COc1nc(N)nc(NC2CCSCC2)n1. The van der Waals surface area contributed by atoms with Gasteiger partial charge in [0.1, 0.15) is 0 Å². The van der Waals surface area contributed by atoms with E-state index in [4.69, 9.17) is 10.5 Å². The van der Waals surface area contributed by atoms with E-state index >= 15 is 0 Å². The summed E-state index contributed by atoms with van der Waals surface area (Å²) in [4.78, 5) is 12.0. The number of rotatable bonds is 3. The van der Waals surface area contributed by atoms with Crippen molar-refractivity contribution in [1.82, 2.24) is 15.0 Å². The molecule has 1 aliphatic heterocycles. The summed E-state index contributed by atoms with van der Waals surface area (Å²) in [5.41, 5.74) is 5.55. The average molecular weight is 241 g/mol. The smallest absolute Gasteiger partial charge is 0.322 e. The number of hydrogen-bond acceptors (Lipinski definition) is 7. The van der Waals surface area contributed by atoms with Gasteiger partial charge in [0, 0.05) is 6.04 Å². The summed E-state index contributed by atoms with van der Waals surface area (Å²) >= 11 is 1.98. The molecule has 0 spiro atoms. The summed E-state index contributed by atoms with van der Waals surface area (Å²) in [6.07, 6.45) is 2.25. The number of aromatic nitrogens is 3. The van der Waals surface area contributed by atoms with Gasteiger partial charge in [0.2, 0.25) is 11.9 Å². The molecule has 0 unspecified atom stereocenters. The molecule has 0 radical (unpaired) electrons. The normalized spacial score (nSPS) is 17.1. The molecule has 1 aromatic heterocycles. The summed E-state index contributed by atoms with van der Waals surface area (Å²) < 4.78 is 4.94. The van der Waals surface area contributed by atoms with Crippen molar-refractivity contribution < 1.29 is 4.74 Å². The second-order valence-corrected chi connectivity index (χ2v) is 4.76. The molecular formula is C9H15N5OS. The number of methoxy groups -OCH3 is 1. The number of nitrogens with one attached hydrogen (secondary N) is 1. The first-order valence-electron chi connectivity index (χ1n) is 5.18. The molecule has 2 heterocycles. The van der Waals surface area contributed by atoms with Crippen molar-refractivity contribution >= 4 is 23.7 Å². The number of nitrogens with two attached hydrogens (primary N) is 1. The first kappa shape index (κ1) is 11.3. The van der Waals surface area contributed by atoms with E-state index in [0.29, 0.717) is 12.0 Å². The number of ether oxygens (including phenoxy) is 1. The lowest BCUT2D eigenvalue weighted by molar-refractivity contribution is 0.379. The summed E-state index contributed by atoms with van der Waals surface area (Å²) in [5.74, 6) is 3.03. The molecule has 0 atom stereocenters. The van der Waals surface area contributed by atoms with Crippen LogP contribution in [0.1, 0.15) is 12.8 Å². The molecule has 2 rings (SSSR count). The van der Waals surface area contributed by atoms with Crippen molar-refractivity contribution in [2.45, 2.75) is 18.9 Å². The Morgan fingerprint density at radius 1 is 1.31 bits per heavy atom. The quantitative estimate of drug-likeness (QED) is 0.808. The van der Waals surface area contributed by atoms with Crippen LogP contribution >= 0.6 is 11.8 Å². The van der Waals surface area contributed by atoms with E-state index in [1.165, 1.54) is 18.6 Å². The average Bonchev–Trinajstić information content (AvgIpc) is 2.29. The number of hydrogen-bond donors (Lipinski definition) is 2. The van der Waals surface area contributed by atoms with Gasteiger partial charge >= 0.3 is 6.01 Å². The maximum absolute atomic E-state index is 5.55. The Morgan fingerprint density at radius 2 is 2.06 bits per heavy atom. The Bertz CT molecular complexity index is 356. The summed E-state index contributed by atoms with van der Waals surface area (Å²) in [6, 6.07) is 0.674. The lowest BCUT2D eigenvalue weighted by atomic mass is 10.2. The zero-order chi connectivity index (χ0) is 11.4. The van der Waals surface area contributed by atoms with Gasteiger partial charge in [0.05, 0.1) is 7.11 Å². The Balaban J connectivity index is 2.04. The van der Waals surface area contributed by atoms with Crippen molar-refractivity contribution in [3.05, 3.63) is 0 Å². The fourth-order valence-corrected chi connectivity index (χ4v) is 2.66. The highest BCUT2D eigenvalue weighted by Gasteiger charge is 2.15. The van der Waals surface area contributed by atoms with Crippen LogP contribution in [0.15, 0.2) is 0 Å². The van der Waals surface area contributed by atoms with Gasteiger partial charge in [-0.1, -0.05) is 0 Å². The molecule has 6 nitrogen and oxygen atoms in total. The standard InChI is InChI=1S/C9H15N5OS/c1-15-9-13-7(10)12-8(14-9)11-6-2-4-16-5-3-6/h6H,2-5H2,1H3,(H3,10,11,12,13,14). The minimum Gasteiger partial charge on any atom is -0.467 e. The summed E-state index contributed by atoms with van der Waals surface area (Å²) in [7, 11) is 1.51. The van der Waals surface area contributed by atoms with Gasteiger partial charge in [-0.05, 0) is 24.3 Å². The molecule has 88 valence electrons. The molecule has 16 heavy (non-hydrogen) atoms. The summed E-state index contributed by atoms with van der Waals surface area (Å²) in [5, 5.41) is 3.26. The molecule has 0 saturated carbocycles. The fraction of sp³-hybridized carbons (Fsp3) is 0.667. The lowest BCUT2D eigenvalue weighted by Crippen LogP contribution is -2.25. The minimum absolute atomic E-state index is 0.180. The Hall–Kier alpha value is -1.24. The van der Waals surface area contributed by atoms with Gasteiger partial charge in [-0.3, -0.25) is 0 Å². The van der Waals surface area contributed by atoms with E-state index in [-0.39, 0.29) is 12.0 Å². The van der Waals surface area contributed by atoms with Crippen LogP contribution in [0.2, 0.25) is 0 Å². The molecule has 7 heteroatoms. The zero-order valence-corrected chi connectivity index (χ0v) is 9.96. The number of anilines is 2. The van der Waals surface area contributed by atoms with Crippen molar-refractivity contribution in [3.63, 3.8) is 0 Å². The number of nitrogen functional groups attached to an aromatic ring is 1. The minimum atomic E-state index is 0.180. The van der Waals surface area contributed by atoms with E-state index in [2.05, 4.69) is 20.3 Å². The molecule has 1 aromatic rings. The Labute approximate surface area is 98.4 Å². The zero-order valence-electron chi connectivity index (χ0n) is 9.14. The van der Waals surface area contributed by atoms with Gasteiger partial charge in [0.15, 0.2) is 0 Å². The van der Waals surface area contributed by atoms with Gasteiger partial charge < -0.3 is 15.8 Å². The van der Waals surface area contributed by atoms with Crippen LogP contribution in [0.5, 0.6) is 6.01 Å². The maximum Gasteiger partial charge on any atom is 0.322 e. The second kappa shape index (κ2) is 5.20. The van der Waals surface area contributed by atoms with E-state index in [1.54, 1.807) is 0 Å². The fourth-order valence-electron chi connectivity index (χ4n) is 1.55. The number of thioether (sulfide) groups is 1. The molecule has 1 aliphatic rings. The monoisotopic (exact) mass is 241 g/mol. The molecule has 0 aromatic carbocycles. The molecule has 3 N–H and O–H groups in total. The van der Waals surface area contributed by atoms with E-state index in [1.807, 2.05) is 11.8 Å². The first-order chi connectivity index (χ1) is 7.78. The Kier molecular flexibility index (Phi) is 3.66. The summed E-state index contributed by atoms with van der Waals surface area (Å²) in [6.45, 7) is 0. The lowest BCUT2D eigenvalue weighted by Gasteiger charge is -2.22. The molecule has 0 amide bonds. The molecule has 0 aliphatic carbocycles. The highest BCUT2D eigenvalue weighted by molar-refractivity contribution is 7.99. The van der Waals surface area contributed by atoms with Crippen molar-refractivity contribution in [1.29, 1.82) is 0 Å². The van der Waals surface area contributed by atoms with Crippen LogP contribution in [0.25, 0.3) is 0 Å². The van der Waals surface area contributed by atoms with E-state index in [9.17, 15) is 0 Å². The third-order valence-electron chi connectivity index (χ3n) is 2.37. The van der Waals surface area contributed by atoms with E-state index < -0.39 is 0 Å². The molecule has 1 saturated heterocycles. The third kappa shape index (κ3) is 2.88. The predicted molar refractivity (Wildman–Crippen MR) is 64.8 cm³/mol. The van der Waals surface area contributed by atoms with Gasteiger partial charge in [-0.25, -0.2) is 0 Å².